The molecule has 0 amide bonds. The summed E-state index contributed by atoms with van der Waals surface area (Å²) in [7, 11) is 1.74. The molecule has 0 aliphatic rings. The van der Waals surface area contributed by atoms with Gasteiger partial charge in [-0.1, -0.05) is 0 Å². The standard InChI is InChI=1S/C15H26N2O2/c1-13(2)17(10-12-18-3)9-4-11-19-15-7-5-14(16)6-8-15/h5-8,13H,4,9-12,16H2,1-3H3. The summed E-state index contributed by atoms with van der Waals surface area (Å²) in [6.07, 6.45) is 1.01. The molecule has 1 aromatic carbocycles. The van der Waals surface area contributed by atoms with Gasteiger partial charge in [-0.05, 0) is 44.5 Å². The Kier molecular flexibility index (Phi) is 7.30. The summed E-state index contributed by atoms with van der Waals surface area (Å²) in [4.78, 5) is 2.40. The SMILES string of the molecule is COCCN(CCCOc1ccc(N)cc1)C(C)C. The van der Waals surface area contributed by atoms with E-state index in [0.717, 1.165) is 44.2 Å². The minimum atomic E-state index is 0.534. The number of methoxy groups -OCH3 is 1. The number of nitrogen functional groups attached to an aromatic ring is 1. The van der Waals surface area contributed by atoms with Crippen LogP contribution in [0.4, 0.5) is 5.69 Å². The highest BCUT2D eigenvalue weighted by atomic mass is 16.5. The van der Waals surface area contributed by atoms with Crippen molar-refractivity contribution < 1.29 is 9.47 Å². The van der Waals surface area contributed by atoms with Gasteiger partial charge in [-0.3, -0.25) is 4.90 Å². The molecule has 0 aliphatic carbocycles. The van der Waals surface area contributed by atoms with Gasteiger partial charge in [0.15, 0.2) is 0 Å². The minimum Gasteiger partial charge on any atom is -0.494 e. The zero-order valence-electron chi connectivity index (χ0n) is 12.3. The number of anilines is 1. The Balaban J connectivity index is 2.22. The third-order valence-electron chi connectivity index (χ3n) is 3.05. The second-order valence-corrected chi connectivity index (χ2v) is 4.89. The van der Waals surface area contributed by atoms with E-state index in [0.29, 0.717) is 6.04 Å². The number of benzene rings is 1. The van der Waals surface area contributed by atoms with E-state index < -0.39 is 0 Å². The maximum absolute atomic E-state index is 5.68. The van der Waals surface area contributed by atoms with Crippen LogP contribution in [0.1, 0.15) is 20.3 Å². The molecule has 1 aromatic rings. The van der Waals surface area contributed by atoms with Gasteiger partial charge in [0, 0.05) is 31.9 Å². The number of hydrogen-bond acceptors (Lipinski definition) is 4. The van der Waals surface area contributed by atoms with E-state index in [-0.39, 0.29) is 0 Å². The van der Waals surface area contributed by atoms with Crippen LogP contribution >= 0.6 is 0 Å². The molecule has 0 bridgehead atoms. The molecule has 4 nitrogen and oxygen atoms in total. The predicted octanol–water partition coefficient (Wildman–Crippen LogP) is 2.39. The Hall–Kier alpha value is -1.26. The van der Waals surface area contributed by atoms with Crippen LogP contribution in [0.25, 0.3) is 0 Å². The van der Waals surface area contributed by atoms with Crippen LogP contribution in [0.3, 0.4) is 0 Å². The first-order valence-corrected chi connectivity index (χ1v) is 6.85. The zero-order chi connectivity index (χ0) is 14.1. The van der Waals surface area contributed by atoms with E-state index in [4.69, 9.17) is 15.2 Å². The highest BCUT2D eigenvalue weighted by molar-refractivity contribution is 5.41. The maximum atomic E-state index is 5.68. The smallest absolute Gasteiger partial charge is 0.119 e. The van der Waals surface area contributed by atoms with Crippen molar-refractivity contribution >= 4 is 5.69 Å². The normalized spacial score (nSPS) is 11.2. The van der Waals surface area contributed by atoms with Crippen molar-refractivity contribution in [3.8, 4) is 5.75 Å². The molecule has 0 aromatic heterocycles. The molecule has 0 fully saturated rings. The summed E-state index contributed by atoms with van der Waals surface area (Å²) < 4.78 is 10.8. The number of nitrogens with two attached hydrogens (primary N) is 1. The molecule has 19 heavy (non-hydrogen) atoms. The van der Waals surface area contributed by atoms with Crippen LogP contribution in [-0.2, 0) is 4.74 Å². The maximum Gasteiger partial charge on any atom is 0.119 e. The van der Waals surface area contributed by atoms with Crippen LogP contribution in [0.2, 0.25) is 0 Å². The molecule has 0 unspecified atom stereocenters. The lowest BCUT2D eigenvalue weighted by atomic mass is 10.3. The van der Waals surface area contributed by atoms with Crippen molar-refractivity contribution in [2.24, 2.45) is 0 Å². The lowest BCUT2D eigenvalue weighted by molar-refractivity contribution is 0.124. The number of ether oxygens (including phenoxy) is 2. The van der Waals surface area contributed by atoms with Crippen LogP contribution < -0.4 is 10.5 Å². The van der Waals surface area contributed by atoms with Crippen molar-refractivity contribution in [1.29, 1.82) is 0 Å². The molecule has 0 atom stereocenters. The average Bonchev–Trinajstić information content (AvgIpc) is 2.39. The van der Waals surface area contributed by atoms with Crippen LogP contribution in [0, 0.1) is 0 Å². The second kappa shape index (κ2) is 8.77. The Morgan fingerprint density at radius 3 is 2.37 bits per heavy atom. The van der Waals surface area contributed by atoms with E-state index in [1.165, 1.54) is 0 Å². The van der Waals surface area contributed by atoms with Crippen LogP contribution in [0.15, 0.2) is 24.3 Å². The molecule has 0 aliphatic heterocycles. The highest BCUT2D eigenvalue weighted by Crippen LogP contribution is 2.13. The lowest BCUT2D eigenvalue weighted by Gasteiger charge is -2.25. The van der Waals surface area contributed by atoms with Gasteiger partial charge in [-0.25, -0.2) is 0 Å². The molecule has 1 rings (SSSR count). The zero-order valence-corrected chi connectivity index (χ0v) is 12.3. The average molecular weight is 266 g/mol. The molecular formula is C15H26N2O2. The van der Waals surface area contributed by atoms with E-state index >= 15 is 0 Å². The second-order valence-electron chi connectivity index (χ2n) is 4.89. The molecular weight excluding hydrogens is 240 g/mol. The van der Waals surface area contributed by atoms with E-state index in [9.17, 15) is 0 Å². The van der Waals surface area contributed by atoms with Gasteiger partial charge in [-0.15, -0.1) is 0 Å². The molecule has 0 radical (unpaired) electrons. The lowest BCUT2D eigenvalue weighted by Crippen LogP contribution is -2.35. The van der Waals surface area contributed by atoms with Gasteiger partial charge in [-0.2, -0.15) is 0 Å². The van der Waals surface area contributed by atoms with Crippen molar-refractivity contribution in [3.05, 3.63) is 24.3 Å². The fourth-order valence-electron chi connectivity index (χ4n) is 1.86. The third-order valence-corrected chi connectivity index (χ3v) is 3.05. The largest absolute Gasteiger partial charge is 0.494 e. The summed E-state index contributed by atoms with van der Waals surface area (Å²) in [5.41, 5.74) is 6.39. The molecule has 108 valence electrons. The fraction of sp³-hybridized carbons (Fsp3) is 0.600. The first-order valence-electron chi connectivity index (χ1n) is 6.85. The molecule has 0 saturated carbocycles. The topological polar surface area (TPSA) is 47.7 Å². The Bertz CT molecular complexity index is 339. The number of nitrogens with zero attached hydrogens (tertiary/aromatic N) is 1. The van der Waals surface area contributed by atoms with Crippen molar-refractivity contribution in [2.45, 2.75) is 26.3 Å². The summed E-state index contributed by atoms with van der Waals surface area (Å²) in [6.45, 7) is 7.90. The summed E-state index contributed by atoms with van der Waals surface area (Å²) in [5, 5.41) is 0. The van der Waals surface area contributed by atoms with Gasteiger partial charge in [0.05, 0.1) is 13.2 Å². The Morgan fingerprint density at radius 2 is 1.79 bits per heavy atom. The summed E-state index contributed by atoms with van der Waals surface area (Å²) in [6, 6.07) is 8.05. The van der Waals surface area contributed by atoms with Crippen LogP contribution in [-0.4, -0.2) is 44.4 Å². The molecule has 0 saturated heterocycles. The van der Waals surface area contributed by atoms with E-state index in [1.807, 2.05) is 24.3 Å². The Morgan fingerprint density at radius 1 is 1.11 bits per heavy atom. The van der Waals surface area contributed by atoms with Gasteiger partial charge in [0.2, 0.25) is 0 Å². The highest BCUT2D eigenvalue weighted by Gasteiger charge is 2.08. The fourth-order valence-corrected chi connectivity index (χ4v) is 1.86. The van der Waals surface area contributed by atoms with Crippen LogP contribution in [0.5, 0.6) is 5.75 Å². The first-order chi connectivity index (χ1) is 9.13. The summed E-state index contributed by atoms with van der Waals surface area (Å²) >= 11 is 0. The minimum absolute atomic E-state index is 0.534. The third kappa shape index (κ3) is 6.45. The quantitative estimate of drug-likeness (QED) is 0.551. The van der Waals surface area contributed by atoms with Gasteiger partial charge >= 0.3 is 0 Å². The predicted molar refractivity (Wildman–Crippen MR) is 79.6 cm³/mol. The van der Waals surface area contributed by atoms with Gasteiger partial charge in [0.1, 0.15) is 5.75 Å². The number of rotatable bonds is 9. The van der Waals surface area contributed by atoms with Crippen molar-refractivity contribution in [3.63, 3.8) is 0 Å². The van der Waals surface area contributed by atoms with Gasteiger partial charge in [0.25, 0.3) is 0 Å². The molecule has 0 heterocycles. The molecule has 4 heteroatoms. The molecule has 0 spiro atoms. The number of hydrogen-bond donors (Lipinski definition) is 1. The monoisotopic (exact) mass is 266 g/mol. The van der Waals surface area contributed by atoms with Gasteiger partial charge < -0.3 is 15.2 Å². The summed E-state index contributed by atoms with van der Waals surface area (Å²) in [5.74, 6) is 0.877. The molecule has 2 N–H and O–H groups in total. The van der Waals surface area contributed by atoms with E-state index in [1.54, 1.807) is 7.11 Å². The van der Waals surface area contributed by atoms with Crippen molar-refractivity contribution in [1.82, 2.24) is 4.90 Å². The van der Waals surface area contributed by atoms with Crippen molar-refractivity contribution in [2.75, 3.05) is 39.1 Å². The first kappa shape index (κ1) is 15.8. The van der Waals surface area contributed by atoms with E-state index in [2.05, 4.69) is 18.7 Å². The Labute approximate surface area is 116 Å².